The van der Waals surface area contributed by atoms with Gasteiger partial charge in [-0.25, -0.2) is 5.48 Å². The SMILES string of the molecule is CCCCCC/C=C/C#CCCCCCCCC(=O)NO. The number of rotatable bonds is 12. The normalized spacial score (nSPS) is 10.4. The summed E-state index contributed by atoms with van der Waals surface area (Å²) in [5, 5.41) is 8.33. The highest BCUT2D eigenvalue weighted by atomic mass is 16.5. The van der Waals surface area contributed by atoms with Crippen LogP contribution in [0.2, 0.25) is 0 Å². The molecule has 1 amide bonds. The molecule has 0 bridgehead atoms. The van der Waals surface area contributed by atoms with Crippen molar-refractivity contribution >= 4 is 5.91 Å². The van der Waals surface area contributed by atoms with E-state index in [0.29, 0.717) is 6.42 Å². The predicted octanol–water partition coefficient (Wildman–Crippen LogP) is 4.75. The zero-order valence-corrected chi connectivity index (χ0v) is 13.5. The molecule has 0 saturated heterocycles. The predicted molar refractivity (Wildman–Crippen MR) is 87.9 cm³/mol. The fraction of sp³-hybridized carbons (Fsp3) is 0.722. The lowest BCUT2D eigenvalue weighted by Gasteiger charge is -1.99. The summed E-state index contributed by atoms with van der Waals surface area (Å²) in [6, 6.07) is 0. The molecule has 0 aromatic rings. The topological polar surface area (TPSA) is 49.3 Å². The summed E-state index contributed by atoms with van der Waals surface area (Å²) in [6.07, 6.45) is 17.2. The number of hydrogen-bond donors (Lipinski definition) is 2. The van der Waals surface area contributed by atoms with Crippen LogP contribution in [0, 0.1) is 11.8 Å². The molecule has 0 aliphatic carbocycles. The highest BCUT2D eigenvalue weighted by Gasteiger charge is 1.97. The molecule has 3 nitrogen and oxygen atoms in total. The maximum atomic E-state index is 10.8. The van der Waals surface area contributed by atoms with Crippen LogP contribution < -0.4 is 5.48 Å². The van der Waals surface area contributed by atoms with Crippen molar-refractivity contribution in [2.45, 2.75) is 84.0 Å². The first-order valence-corrected chi connectivity index (χ1v) is 8.37. The third-order valence-corrected chi connectivity index (χ3v) is 3.36. The van der Waals surface area contributed by atoms with Gasteiger partial charge >= 0.3 is 0 Å². The quantitative estimate of drug-likeness (QED) is 0.236. The summed E-state index contributed by atoms with van der Waals surface area (Å²) in [6.45, 7) is 2.23. The Morgan fingerprint density at radius 3 is 2.52 bits per heavy atom. The lowest BCUT2D eigenvalue weighted by Crippen LogP contribution is -2.17. The van der Waals surface area contributed by atoms with Gasteiger partial charge in [0.15, 0.2) is 0 Å². The van der Waals surface area contributed by atoms with Crippen LogP contribution in [0.25, 0.3) is 0 Å². The first kappa shape index (κ1) is 19.7. The molecule has 0 atom stereocenters. The van der Waals surface area contributed by atoms with E-state index in [2.05, 4.69) is 24.8 Å². The second kappa shape index (κ2) is 16.8. The Hall–Kier alpha value is -1.27. The summed E-state index contributed by atoms with van der Waals surface area (Å²) in [5.41, 5.74) is 1.65. The van der Waals surface area contributed by atoms with Gasteiger partial charge in [-0.15, -0.1) is 0 Å². The van der Waals surface area contributed by atoms with E-state index in [1.807, 2.05) is 6.08 Å². The van der Waals surface area contributed by atoms with Crippen molar-refractivity contribution in [1.82, 2.24) is 5.48 Å². The Kier molecular flexibility index (Phi) is 15.8. The molecular formula is C18H31NO2. The molecule has 0 aromatic carbocycles. The van der Waals surface area contributed by atoms with E-state index in [9.17, 15) is 4.79 Å². The molecule has 3 heteroatoms. The van der Waals surface area contributed by atoms with Gasteiger partial charge in [0.05, 0.1) is 0 Å². The standard InChI is InChI=1S/C18H31NO2/c1-2-3-4-5-6-7-8-9-10-11-12-13-14-15-16-17-18(20)19-21/h7-8,21H,2-6,11-17H2,1H3,(H,19,20)/b8-7+. The molecule has 0 unspecified atom stereocenters. The zero-order chi connectivity index (χ0) is 15.6. The highest BCUT2D eigenvalue weighted by Crippen LogP contribution is 2.06. The van der Waals surface area contributed by atoms with Crippen LogP contribution >= 0.6 is 0 Å². The van der Waals surface area contributed by atoms with E-state index >= 15 is 0 Å². The first-order chi connectivity index (χ1) is 10.3. The van der Waals surface area contributed by atoms with E-state index in [1.165, 1.54) is 25.7 Å². The van der Waals surface area contributed by atoms with Crippen LogP contribution in [0.15, 0.2) is 12.2 Å². The van der Waals surface area contributed by atoms with Gasteiger partial charge < -0.3 is 0 Å². The first-order valence-electron chi connectivity index (χ1n) is 8.37. The molecule has 0 heterocycles. The van der Waals surface area contributed by atoms with Crippen LogP contribution in [0.3, 0.4) is 0 Å². The Bertz CT molecular complexity index is 326. The number of hydrogen-bond acceptors (Lipinski definition) is 2. The highest BCUT2D eigenvalue weighted by molar-refractivity contribution is 5.74. The van der Waals surface area contributed by atoms with Gasteiger partial charge in [-0.1, -0.05) is 63.4 Å². The minimum atomic E-state index is -0.289. The minimum Gasteiger partial charge on any atom is -0.289 e. The maximum absolute atomic E-state index is 10.8. The molecule has 0 aromatic heterocycles. The Balaban J connectivity index is 3.26. The van der Waals surface area contributed by atoms with E-state index < -0.39 is 0 Å². The number of nitrogens with one attached hydrogen (secondary N) is 1. The smallest absolute Gasteiger partial charge is 0.243 e. The maximum Gasteiger partial charge on any atom is 0.243 e. The summed E-state index contributed by atoms with van der Waals surface area (Å²) >= 11 is 0. The summed E-state index contributed by atoms with van der Waals surface area (Å²) in [7, 11) is 0. The third kappa shape index (κ3) is 16.7. The van der Waals surface area contributed by atoms with E-state index in [-0.39, 0.29) is 5.91 Å². The van der Waals surface area contributed by atoms with Crippen molar-refractivity contribution in [3.05, 3.63) is 12.2 Å². The fourth-order valence-corrected chi connectivity index (χ4v) is 2.05. The summed E-state index contributed by atoms with van der Waals surface area (Å²) in [5.74, 6) is 5.97. The molecule has 0 aliphatic heterocycles. The Labute approximate surface area is 130 Å². The zero-order valence-electron chi connectivity index (χ0n) is 13.5. The number of hydroxylamine groups is 1. The third-order valence-electron chi connectivity index (χ3n) is 3.36. The summed E-state index contributed by atoms with van der Waals surface area (Å²) in [4.78, 5) is 10.8. The van der Waals surface area contributed by atoms with Crippen LogP contribution in [0.1, 0.15) is 84.0 Å². The monoisotopic (exact) mass is 293 g/mol. The number of amides is 1. The molecule has 2 N–H and O–H groups in total. The molecule has 0 rings (SSSR count). The molecular weight excluding hydrogens is 262 g/mol. The van der Waals surface area contributed by atoms with Gasteiger partial charge in [0.2, 0.25) is 5.91 Å². The van der Waals surface area contributed by atoms with Gasteiger partial charge in [-0.3, -0.25) is 10.0 Å². The molecule has 21 heavy (non-hydrogen) atoms. The molecule has 0 fully saturated rings. The van der Waals surface area contributed by atoms with Crippen molar-refractivity contribution < 1.29 is 10.0 Å². The van der Waals surface area contributed by atoms with E-state index in [1.54, 1.807) is 5.48 Å². The number of carbonyl (C=O) groups excluding carboxylic acids is 1. The van der Waals surface area contributed by atoms with E-state index in [0.717, 1.165) is 44.9 Å². The Morgan fingerprint density at radius 2 is 1.76 bits per heavy atom. The largest absolute Gasteiger partial charge is 0.289 e. The van der Waals surface area contributed by atoms with Crippen LogP contribution in [-0.2, 0) is 4.79 Å². The minimum absolute atomic E-state index is 0.289. The Morgan fingerprint density at radius 1 is 1.05 bits per heavy atom. The van der Waals surface area contributed by atoms with Crippen LogP contribution in [0.5, 0.6) is 0 Å². The van der Waals surface area contributed by atoms with Crippen LogP contribution in [-0.4, -0.2) is 11.1 Å². The van der Waals surface area contributed by atoms with Gasteiger partial charge in [-0.05, 0) is 31.8 Å². The van der Waals surface area contributed by atoms with Crippen molar-refractivity contribution in [2.75, 3.05) is 0 Å². The fourth-order valence-electron chi connectivity index (χ4n) is 2.05. The average Bonchev–Trinajstić information content (AvgIpc) is 2.50. The van der Waals surface area contributed by atoms with Gasteiger partial charge in [0, 0.05) is 12.8 Å². The second-order valence-electron chi connectivity index (χ2n) is 5.38. The molecule has 120 valence electrons. The van der Waals surface area contributed by atoms with Gasteiger partial charge in [0.25, 0.3) is 0 Å². The second-order valence-corrected chi connectivity index (χ2v) is 5.38. The van der Waals surface area contributed by atoms with Gasteiger partial charge in [0.1, 0.15) is 0 Å². The van der Waals surface area contributed by atoms with Crippen LogP contribution in [0.4, 0.5) is 0 Å². The van der Waals surface area contributed by atoms with Crippen molar-refractivity contribution in [3.63, 3.8) is 0 Å². The molecule has 0 spiro atoms. The van der Waals surface area contributed by atoms with Crippen molar-refractivity contribution in [1.29, 1.82) is 0 Å². The molecule has 0 radical (unpaired) electrons. The molecule has 0 saturated carbocycles. The van der Waals surface area contributed by atoms with Crippen molar-refractivity contribution in [2.24, 2.45) is 0 Å². The number of carbonyl (C=O) groups is 1. The van der Waals surface area contributed by atoms with Crippen molar-refractivity contribution in [3.8, 4) is 11.8 Å². The number of unbranched alkanes of at least 4 members (excludes halogenated alkanes) is 9. The van der Waals surface area contributed by atoms with Gasteiger partial charge in [-0.2, -0.15) is 0 Å². The van der Waals surface area contributed by atoms with E-state index in [4.69, 9.17) is 5.21 Å². The average molecular weight is 293 g/mol. The molecule has 0 aliphatic rings. The lowest BCUT2D eigenvalue weighted by molar-refractivity contribution is -0.129. The lowest BCUT2D eigenvalue weighted by atomic mass is 10.1. The number of allylic oxidation sites excluding steroid dienone is 2. The summed E-state index contributed by atoms with van der Waals surface area (Å²) < 4.78 is 0.